The monoisotopic (exact) mass is 239 g/mol. The lowest BCUT2D eigenvalue weighted by molar-refractivity contribution is -0.385. The van der Waals surface area contributed by atoms with E-state index in [1.807, 2.05) is 0 Å². The van der Waals surface area contributed by atoms with Gasteiger partial charge < -0.3 is 0 Å². The van der Waals surface area contributed by atoms with E-state index in [1.165, 1.54) is 4.68 Å². The molecule has 1 aromatic heterocycles. The van der Waals surface area contributed by atoms with Gasteiger partial charge in [0.15, 0.2) is 0 Å². The van der Waals surface area contributed by atoms with Crippen molar-refractivity contribution in [2.45, 2.75) is 6.54 Å². The van der Waals surface area contributed by atoms with Gasteiger partial charge in [0, 0.05) is 5.56 Å². The van der Waals surface area contributed by atoms with Gasteiger partial charge in [0.1, 0.15) is 24.0 Å². The molecule has 1 aromatic carbocycles. The van der Waals surface area contributed by atoms with Gasteiger partial charge in [0.2, 0.25) is 0 Å². The van der Waals surface area contributed by atoms with Crippen LogP contribution in [0.4, 0.5) is 14.5 Å². The van der Waals surface area contributed by atoms with Crippen molar-refractivity contribution in [3.8, 4) is 0 Å². The lowest BCUT2D eigenvalue weighted by Gasteiger charge is -2.02. The fourth-order valence-electron chi connectivity index (χ4n) is 1.37. The first kappa shape index (κ1) is 11.2. The Morgan fingerprint density at radius 2 is 2.18 bits per heavy atom. The van der Waals surface area contributed by atoms with Crippen LogP contribution in [-0.2, 0) is 6.54 Å². The van der Waals surface area contributed by atoms with Gasteiger partial charge in [0.25, 0.3) is 0 Å². The molecule has 0 N–H and O–H groups in total. The molecule has 17 heavy (non-hydrogen) atoms. The maximum atomic E-state index is 13.3. The van der Waals surface area contributed by atoms with Crippen molar-refractivity contribution in [2.24, 2.45) is 0 Å². The maximum Gasteiger partial charge on any atom is 0.307 e. The van der Waals surface area contributed by atoms with Gasteiger partial charge in [0.05, 0.1) is 11.5 Å². The number of aromatic nitrogens is 2. The third kappa shape index (κ3) is 2.44. The fraction of sp³-hybridized carbons (Fsp3) is 0.100. The van der Waals surface area contributed by atoms with Crippen LogP contribution < -0.4 is 0 Å². The number of benzene rings is 1. The highest BCUT2D eigenvalue weighted by Crippen LogP contribution is 2.13. The molecule has 1 heterocycles. The molecule has 0 aliphatic heterocycles. The molecule has 0 atom stereocenters. The summed E-state index contributed by atoms with van der Waals surface area (Å²) in [5, 5.41) is 14.1. The minimum Gasteiger partial charge on any atom is -0.261 e. The Kier molecular flexibility index (Phi) is 2.82. The predicted molar refractivity (Wildman–Crippen MR) is 54.3 cm³/mol. The van der Waals surface area contributed by atoms with Crippen molar-refractivity contribution in [3.63, 3.8) is 0 Å². The average molecular weight is 239 g/mol. The molecule has 5 nitrogen and oxygen atoms in total. The van der Waals surface area contributed by atoms with Crippen LogP contribution in [0.1, 0.15) is 5.56 Å². The average Bonchev–Trinajstić information content (AvgIpc) is 2.72. The lowest BCUT2D eigenvalue weighted by Crippen LogP contribution is -2.02. The van der Waals surface area contributed by atoms with Gasteiger partial charge in [-0.25, -0.2) is 8.78 Å². The van der Waals surface area contributed by atoms with E-state index >= 15 is 0 Å². The molecule has 2 rings (SSSR count). The predicted octanol–water partition coefficient (Wildman–Crippen LogP) is 2.12. The summed E-state index contributed by atoms with van der Waals surface area (Å²) < 4.78 is 27.3. The van der Waals surface area contributed by atoms with Crippen LogP contribution in [0, 0.1) is 21.7 Å². The van der Waals surface area contributed by atoms with E-state index in [-0.39, 0.29) is 17.8 Å². The maximum absolute atomic E-state index is 13.3. The van der Waals surface area contributed by atoms with E-state index in [4.69, 9.17) is 0 Å². The van der Waals surface area contributed by atoms with Crippen molar-refractivity contribution < 1.29 is 13.7 Å². The van der Waals surface area contributed by atoms with Gasteiger partial charge in [-0.2, -0.15) is 5.10 Å². The van der Waals surface area contributed by atoms with Crippen molar-refractivity contribution in [3.05, 3.63) is 57.9 Å². The molecule has 0 aliphatic rings. The van der Waals surface area contributed by atoms with E-state index in [9.17, 15) is 18.9 Å². The van der Waals surface area contributed by atoms with Gasteiger partial charge in [-0.05, 0) is 18.2 Å². The number of rotatable bonds is 3. The smallest absolute Gasteiger partial charge is 0.261 e. The second kappa shape index (κ2) is 4.28. The normalized spacial score (nSPS) is 10.5. The third-order valence-electron chi connectivity index (χ3n) is 2.17. The lowest BCUT2D eigenvalue weighted by atomic mass is 10.2. The highest BCUT2D eigenvalue weighted by atomic mass is 19.1. The van der Waals surface area contributed by atoms with Gasteiger partial charge in [-0.15, -0.1) is 0 Å². The summed E-state index contributed by atoms with van der Waals surface area (Å²) in [6, 6.07) is 3.04. The number of nitro groups is 1. The number of nitrogens with zero attached hydrogens (tertiary/aromatic N) is 3. The van der Waals surface area contributed by atoms with Crippen LogP contribution in [0.5, 0.6) is 0 Å². The highest BCUT2D eigenvalue weighted by molar-refractivity contribution is 5.23. The van der Waals surface area contributed by atoms with Crippen LogP contribution in [0.25, 0.3) is 0 Å². The fourth-order valence-corrected chi connectivity index (χ4v) is 1.37. The molecule has 0 unspecified atom stereocenters. The van der Waals surface area contributed by atoms with Gasteiger partial charge in [-0.1, -0.05) is 0 Å². The molecule has 2 aromatic rings. The van der Waals surface area contributed by atoms with Crippen LogP contribution in [0.15, 0.2) is 30.6 Å². The summed E-state index contributed by atoms with van der Waals surface area (Å²) in [6.45, 7) is -0.0581. The Balaban J connectivity index is 2.25. The summed E-state index contributed by atoms with van der Waals surface area (Å²) in [5.74, 6) is -1.15. The van der Waals surface area contributed by atoms with E-state index in [0.717, 1.165) is 30.6 Å². The topological polar surface area (TPSA) is 61.0 Å². The zero-order valence-corrected chi connectivity index (χ0v) is 8.51. The highest BCUT2D eigenvalue weighted by Gasteiger charge is 2.10. The summed E-state index contributed by atoms with van der Waals surface area (Å²) >= 11 is 0. The van der Waals surface area contributed by atoms with E-state index in [1.54, 1.807) is 0 Å². The molecule has 0 saturated carbocycles. The van der Waals surface area contributed by atoms with Crippen LogP contribution >= 0.6 is 0 Å². The molecule has 0 aliphatic carbocycles. The summed E-state index contributed by atoms with van der Waals surface area (Å²) in [4.78, 5) is 9.80. The Bertz CT molecular complexity index is 568. The molecule has 0 bridgehead atoms. The van der Waals surface area contributed by atoms with Crippen molar-refractivity contribution >= 4 is 5.69 Å². The zero-order chi connectivity index (χ0) is 12.4. The number of hydrogen-bond donors (Lipinski definition) is 0. The first-order chi connectivity index (χ1) is 8.06. The number of hydrogen-bond acceptors (Lipinski definition) is 3. The van der Waals surface area contributed by atoms with E-state index in [0.29, 0.717) is 0 Å². The summed E-state index contributed by atoms with van der Waals surface area (Å²) in [6.07, 6.45) is 2.21. The molecule has 0 spiro atoms. The quantitative estimate of drug-likeness (QED) is 0.608. The molecular formula is C10H7F2N3O2. The molecule has 7 heteroatoms. The first-order valence-electron chi connectivity index (χ1n) is 4.67. The summed E-state index contributed by atoms with van der Waals surface area (Å²) in [5.41, 5.74) is -0.107. The van der Waals surface area contributed by atoms with Crippen molar-refractivity contribution in [2.75, 3.05) is 0 Å². The van der Waals surface area contributed by atoms with Crippen molar-refractivity contribution in [1.29, 1.82) is 0 Å². The standard InChI is InChI=1S/C10H7F2N3O2/c11-8-1-2-10(12)7(3-8)5-14-6-9(4-13-14)15(16)17/h1-4,6H,5H2. The molecule has 0 radical (unpaired) electrons. The first-order valence-corrected chi connectivity index (χ1v) is 4.67. The molecule has 88 valence electrons. The van der Waals surface area contributed by atoms with Crippen LogP contribution in [0.2, 0.25) is 0 Å². The van der Waals surface area contributed by atoms with E-state index in [2.05, 4.69) is 5.10 Å². The van der Waals surface area contributed by atoms with Gasteiger partial charge >= 0.3 is 5.69 Å². The molecule has 0 saturated heterocycles. The van der Waals surface area contributed by atoms with Crippen LogP contribution in [-0.4, -0.2) is 14.7 Å². The number of halogens is 2. The van der Waals surface area contributed by atoms with Crippen molar-refractivity contribution in [1.82, 2.24) is 9.78 Å². The Morgan fingerprint density at radius 3 is 2.82 bits per heavy atom. The SMILES string of the molecule is O=[N+]([O-])c1cnn(Cc2cc(F)ccc2F)c1. The second-order valence-corrected chi connectivity index (χ2v) is 3.39. The minimum atomic E-state index is -0.606. The Labute approximate surface area is 94.4 Å². The third-order valence-corrected chi connectivity index (χ3v) is 2.17. The van der Waals surface area contributed by atoms with Gasteiger partial charge in [-0.3, -0.25) is 14.8 Å². The summed E-state index contributed by atoms with van der Waals surface area (Å²) in [7, 11) is 0. The molecule has 0 fully saturated rings. The largest absolute Gasteiger partial charge is 0.307 e. The Hall–Kier alpha value is -2.31. The second-order valence-electron chi connectivity index (χ2n) is 3.39. The van der Waals surface area contributed by atoms with E-state index < -0.39 is 16.6 Å². The zero-order valence-electron chi connectivity index (χ0n) is 8.51. The molecule has 0 amide bonds. The minimum absolute atomic E-state index is 0.0581. The van der Waals surface area contributed by atoms with Crippen LogP contribution in [0.3, 0.4) is 0 Å². The molecular weight excluding hydrogens is 232 g/mol. The Morgan fingerprint density at radius 1 is 1.41 bits per heavy atom.